The second-order valence-electron chi connectivity index (χ2n) is 9.01. The van der Waals surface area contributed by atoms with E-state index in [4.69, 9.17) is 16.3 Å². The first kappa shape index (κ1) is 24.0. The first-order valence-electron chi connectivity index (χ1n) is 12.0. The average Bonchev–Trinajstić information content (AvgIpc) is 2.86. The van der Waals surface area contributed by atoms with Crippen LogP contribution in [0.25, 0.3) is 10.8 Å². The van der Waals surface area contributed by atoms with Crippen LogP contribution in [0.4, 0.5) is 0 Å². The Kier molecular flexibility index (Phi) is 8.26. The van der Waals surface area contributed by atoms with Crippen LogP contribution in [0.2, 0.25) is 5.02 Å². The molecule has 33 heavy (non-hydrogen) atoms. The quantitative estimate of drug-likeness (QED) is 0.425. The molecule has 5 heteroatoms. The van der Waals surface area contributed by atoms with Gasteiger partial charge in [0, 0.05) is 44.2 Å². The van der Waals surface area contributed by atoms with E-state index in [0.717, 1.165) is 68.3 Å². The molecule has 1 heterocycles. The van der Waals surface area contributed by atoms with Gasteiger partial charge in [-0.05, 0) is 35.1 Å². The van der Waals surface area contributed by atoms with E-state index in [1.54, 1.807) is 7.11 Å². The zero-order valence-electron chi connectivity index (χ0n) is 19.7. The molecule has 0 spiro atoms. The number of ether oxygens (including phenoxy) is 1. The second kappa shape index (κ2) is 11.3. The fraction of sp³-hybridized carbons (Fsp3) is 0.429. The van der Waals surface area contributed by atoms with Crippen molar-refractivity contribution in [2.75, 3.05) is 33.3 Å². The maximum absolute atomic E-state index is 11.5. The Morgan fingerprint density at radius 3 is 2.45 bits per heavy atom. The summed E-state index contributed by atoms with van der Waals surface area (Å²) in [5.74, 6) is 0.673. The Hall–Kier alpha value is -2.11. The van der Waals surface area contributed by atoms with Gasteiger partial charge in [-0.3, -0.25) is 9.80 Å². The molecular formula is C28H35ClN2O2. The highest BCUT2D eigenvalue weighted by Gasteiger charge is 2.30. The van der Waals surface area contributed by atoms with E-state index >= 15 is 0 Å². The van der Waals surface area contributed by atoms with Crippen LogP contribution < -0.4 is 4.74 Å². The van der Waals surface area contributed by atoms with E-state index in [-0.39, 0.29) is 6.04 Å². The highest BCUT2D eigenvalue weighted by molar-refractivity contribution is 6.37. The van der Waals surface area contributed by atoms with Crippen LogP contribution in [0.1, 0.15) is 43.4 Å². The monoisotopic (exact) mass is 466 g/mol. The first-order valence-corrected chi connectivity index (χ1v) is 12.4. The summed E-state index contributed by atoms with van der Waals surface area (Å²) < 4.78 is 5.35. The lowest BCUT2D eigenvalue weighted by Crippen LogP contribution is -2.51. The molecule has 0 aromatic heterocycles. The van der Waals surface area contributed by atoms with Gasteiger partial charge >= 0.3 is 0 Å². The molecule has 1 N–H and O–H groups in total. The standard InChI is InChI=1S/C28H35ClN2O2/c1-3-4-10-25(31-17-15-30(16-18-31)20-21-8-6-5-7-9-21)28(32)23-11-13-24-22(19-23)12-14-26(33-2)27(24)29/h5-9,11-14,19,25,28,32H,3-4,10,15-18,20H2,1-2H3/t25-,28+/m0/s1. The third-order valence-corrected chi connectivity index (χ3v) is 7.24. The summed E-state index contributed by atoms with van der Waals surface area (Å²) >= 11 is 6.50. The van der Waals surface area contributed by atoms with Gasteiger partial charge in [0.05, 0.1) is 18.2 Å². The normalized spacial score (nSPS) is 17.2. The molecule has 0 radical (unpaired) electrons. The summed E-state index contributed by atoms with van der Waals surface area (Å²) in [7, 11) is 1.63. The summed E-state index contributed by atoms with van der Waals surface area (Å²) in [6.07, 6.45) is 2.72. The molecule has 4 rings (SSSR count). The van der Waals surface area contributed by atoms with Crippen molar-refractivity contribution in [3.05, 3.63) is 76.8 Å². The summed E-state index contributed by atoms with van der Waals surface area (Å²) in [6.45, 7) is 7.22. The van der Waals surface area contributed by atoms with Gasteiger partial charge in [0.1, 0.15) is 5.75 Å². The summed E-state index contributed by atoms with van der Waals surface area (Å²) in [5, 5.41) is 14.1. The van der Waals surface area contributed by atoms with Gasteiger partial charge in [0.2, 0.25) is 0 Å². The number of fused-ring (bicyclic) bond motifs is 1. The molecular weight excluding hydrogens is 432 g/mol. The van der Waals surface area contributed by atoms with Gasteiger partial charge in [-0.15, -0.1) is 0 Å². The Balaban J connectivity index is 1.47. The zero-order chi connectivity index (χ0) is 23.2. The predicted molar refractivity (Wildman–Crippen MR) is 137 cm³/mol. The molecule has 3 aromatic carbocycles. The van der Waals surface area contributed by atoms with Crippen molar-refractivity contribution in [1.29, 1.82) is 0 Å². The number of aliphatic hydroxyl groups excluding tert-OH is 1. The summed E-state index contributed by atoms with van der Waals surface area (Å²) in [6, 6.07) is 20.8. The van der Waals surface area contributed by atoms with Crippen molar-refractivity contribution in [2.45, 2.75) is 44.9 Å². The van der Waals surface area contributed by atoms with Gasteiger partial charge in [-0.2, -0.15) is 0 Å². The summed E-state index contributed by atoms with van der Waals surface area (Å²) in [5.41, 5.74) is 2.32. The number of rotatable bonds is 9. The lowest BCUT2D eigenvalue weighted by molar-refractivity contribution is 0.0113. The van der Waals surface area contributed by atoms with Crippen molar-refractivity contribution in [1.82, 2.24) is 9.80 Å². The fourth-order valence-electron chi connectivity index (χ4n) is 4.90. The van der Waals surface area contributed by atoms with Gasteiger partial charge in [-0.25, -0.2) is 0 Å². The minimum atomic E-state index is -0.525. The Bertz CT molecular complexity index is 1030. The average molecular weight is 467 g/mol. The lowest BCUT2D eigenvalue weighted by atomic mass is 9.94. The number of hydrogen-bond acceptors (Lipinski definition) is 4. The van der Waals surface area contributed by atoms with Crippen LogP contribution in [0, 0.1) is 0 Å². The molecule has 1 aliphatic heterocycles. The lowest BCUT2D eigenvalue weighted by Gasteiger charge is -2.41. The second-order valence-corrected chi connectivity index (χ2v) is 9.39. The molecule has 3 aromatic rings. The molecule has 0 bridgehead atoms. The topological polar surface area (TPSA) is 35.9 Å². The number of piperazine rings is 1. The first-order chi connectivity index (χ1) is 16.1. The van der Waals surface area contributed by atoms with Crippen LogP contribution in [0.5, 0.6) is 5.75 Å². The van der Waals surface area contributed by atoms with E-state index < -0.39 is 6.10 Å². The van der Waals surface area contributed by atoms with Crippen LogP contribution in [-0.4, -0.2) is 54.2 Å². The minimum Gasteiger partial charge on any atom is -0.495 e. The molecule has 2 atom stereocenters. The van der Waals surface area contributed by atoms with Crippen molar-refractivity contribution >= 4 is 22.4 Å². The Morgan fingerprint density at radius 1 is 1.00 bits per heavy atom. The molecule has 4 nitrogen and oxygen atoms in total. The third kappa shape index (κ3) is 5.70. The third-order valence-electron chi connectivity index (χ3n) is 6.85. The largest absolute Gasteiger partial charge is 0.495 e. The van der Waals surface area contributed by atoms with E-state index in [0.29, 0.717) is 10.8 Å². The number of methoxy groups -OCH3 is 1. The number of aliphatic hydroxyl groups is 1. The molecule has 1 fully saturated rings. The Morgan fingerprint density at radius 2 is 1.76 bits per heavy atom. The van der Waals surface area contributed by atoms with E-state index in [1.807, 2.05) is 24.3 Å². The van der Waals surface area contributed by atoms with Gasteiger partial charge in [-0.1, -0.05) is 79.9 Å². The van der Waals surface area contributed by atoms with Crippen molar-refractivity contribution in [2.24, 2.45) is 0 Å². The smallest absolute Gasteiger partial charge is 0.138 e. The maximum atomic E-state index is 11.5. The van der Waals surface area contributed by atoms with Gasteiger partial charge in [0.15, 0.2) is 0 Å². The number of halogens is 1. The fourth-order valence-corrected chi connectivity index (χ4v) is 5.21. The van der Waals surface area contributed by atoms with Crippen LogP contribution in [-0.2, 0) is 6.54 Å². The molecule has 1 saturated heterocycles. The maximum Gasteiger partial charge on any atom is 0.138 e. The molecule has 0 aliphatic carbocycles. The van der Waals surface area contributed by atoms with Crippen molar-refractivity contribution in [3.63, 3.8) is 0 Å². The van der Waals surface area contributed by atoms with E-state index in [1.165, 1.54) is 5.56 Å². The Labute approximate surface area is 202 Å². The van der Waals surface area contributed by atoms with E-state index in [9.17, 15) is 5.11 Å². The number of benzene rings is 3. The number of nitrogens with zero attached hydrogens (tertiary/aromatic N) is 2. The van der Waals surface area contributed by atoms with Gasteiger partial charge in [0.25, 0.3) is 0 Å². The van der Waals surface area contributed by atoms with Crippen LogP contribution >= 0.6 is 11.6 Å². The highest BCUT2D eigenvalue weighted by atomic mass is 35.5. The highest BCUT2D eigenvalue weighted by Crippen LogP contribution is 2.35. The van der Waals surface area contributed by atoms with Crippen LogP contribution in [0.15, 0.2) is 60.7 Å². The van der Waals surface area contributed by atoms with E-state index in [2.05, 4.69) is 53.1 Å². The van der Waals surface area contributed by atoms with Gasteiger partial charge < -0.3 is 9.84 Å². The zero-order valence-corrected chi connectivity index (χ0v) is 20.5. The molecule has 0 saturated carbocycles. The van der Waals surface area contributed by atoms with Crippen molar-refractivity contribution in [3.8, 4) is 5.75 Å². The summed E-state index contributed by atoms with van der Waals surface area (Å²) in [4.78, 5) is 5.01. The van der Waals surface area contributed by atoms with Crippen molar-refractivity contribution < 1.29 is 9.84 Å². The van der Waals surface area contributed by atoms with Crippen LogP contribution in [0.3, 0.4) is 0 Å². The molecule has 0 unspecified atom stereocenters. The number of hydrogen-bond donors (Lipinski definition) is 1. The predicted octanol–water partition coefficient (Wildman–Crippen LogP) is 5.91. The number of unbranched alkanes of at least 4 members (excludes halogenated alkanes) is 1. The molecule has 0 amide bonds. The SMILES string of the molecule is CCCC[C@@H]([C@H](O)c1ccc2c(Cl)c(OC)ccc2c1)N1CCN(Cc2ccccc2)CC1. The molecule has 1 aliphatic rings. The minimum absolute atomic E-state index is 0.120. The molecule has 176 valence electrons.